The molecule has 0 aliphatic heterocycles. The van der Waals surface area contributed by atoms with Gasteiger partial charge in [-0.1, -0.05) is 42.6 Å². The van der Waals surface area contributed by atoms with Crippen molar-refractivity contribution in [3.8, 4) is 0 Å². The van der Waals surface area contributed by atoms with Crippen LogP contribution in [-0.4, -0.2) is 38.3 Å². The molecule has 0 aliphatic carbocycles. The third kappa shape index (κ3) is 5.70. The van der Waals surface area contributed by atoms with Gasteiger partial charge in [-0.15, -0.1) is 0 Å². The highest BCUT2D eigenvalue weighted by Crippen LogP contribution is 2.18. The van der Waals surface area contributed by atoms with Crippen molar-refractivity contribution in [3.63, 3.8) is 0 Å². The largest absolute Gasteiger partial charge is 0.355 e. The number of carbonyl (C=O) groups is 1. The Balaban J connectivity index is 2.69. The molecule has 0 heterocycles. The molecule has 0 radical (unpaired) electrons. The summed E-state index contributed by atoms with van der Waals surface area (Å²) in [6.45, 7) is 4.50. The van der Waals surface area contributed by atoms with E-state index in [1.54, 1.807) is 19.1 Å². The number of hydrogen-bond donors (Lipinski definition) is 1. The Morgan fingerprint density at radius 3 is 2.36 bits per heavy atom. The van der Waals surface area contributed by atoms with E-state index in [0.29, 0.717) is 6.54 Å². The summed E-state index contributed by atoms with van der Waals surface area (Å²) in [6.07, 6.45) is 3.04. The quantitative estimate of drug-likeness (QED) is 0.659. The monoisotopic (exact) mass is 390 g/mol. The molecule has 22 heavy (non-hydrogen) atoms. The summed E-state index contributed by atoms with van der Waals surface area (Å²) in [6, 6.07) is 6.40. The van der Waals surface area contributed by atoms with Crippen molar-refractivity contribution >= 4 is 31.9 Å². The standard InChI is InChI=1S/C15H23BrN2O3S/c1-3-5-6-11-17-15(19)12-18(4-2)22(20,21)14-9-7-13(16)8-10-14/h7-10H,3-6,11-12H2,1-2H3,(H,17,19). The minimum absolute atomic E-state index is 0.152. The number of nitrogens with one attached hydrogen (secondary N) is 1. The number of carbonyl (C=O) groups excluding carboxylic acids is 1. The first-order valence-electron chi connectivity index (χ1n) is 7.44. The minimum atomic E-state index is -3.65. The first kappa shape index (κ1) is 19.1. The molecule has 1 rings (SSSR count). The molecule has 124 valence electrons. The third-order valence-electron chi connectivity index (χ3n) is 3.23. The Bertz CT molecular complexity index is 573. The molecule has 1 N–H and O–H groups in total. The van der Waals surface area contributed by atoms with Crippen molar-refractivity contribution in [3.05, 3.63) is 28.7 Å². The van der Waals surface area contributed by atoms with Gasteiger partial charge in [0.05, 0.1) is 11.4 Å². The molecule has 0 saturated carbocycles. The van der Waals surface area contributed by atoms with Crippen LogP contribution in [0.15, 0.2) is 33.6 Å². The lowest BCUT2D eigenvalue weighted by molar-refractivity contribution is -0.121. The molecule has 0 bridgehead atoms. The van der Waals surface area contributed by atoms with Crippen LogP contribution in [0.3, 0.4) is 0 Å². The zero-order valence-electron chi connectivity index (χ0n) is 13.0. The summed E-state index contributed by atoms with van der Waals surface area (Å²) in [5.41, 5.74) is 0. The Hall–Kier alpha value is -0.920. The average Bonchev–Trinajstić information content (AvgIpc) is 2.49. The van der Waals surface area contributed by atoms with Gasteiger partial charge in [-0.3, -0.25) is 4.79 Å². The highest BCUT2D eigenvalue weighted by molar-refractivity contribution is 9.10. The second-order valence-electron chi connectivity index (χ2n) is 4.94. The summed E-state index contributed by atoms with van der Waals surface area (Å²) in [7, 11) is -3.65. The van der Waals surface area contributed by atoms with Gasteiger partial charge in [0.25, 0.3) is 0 Å². The van der Waals surface area contributed by atoms with Crippen molar-refractivity contribution in [2.45, 2.75) is 38.0 Å². The lowest BCUT2D eigenvalue weighted by Gasteiger charge is -2.20. The summed E-state index contributed by atoms with van der Waals surface area (Å²) in [5, 5.41) is 2.76. The first-order valence-corrected chi connectivity index (χ1v) is 9.67. The van der Waals surface area contributed by atoms with Gasteiger partial charge < -0.3 is 5.32 Å². The molecule has 1 amide bonds. The molecule has 0 atom stereocenters. The number of hydrogen-bond acceptors (Lipinski definition) is 3. The van der Waals surface area contributed by atoms with Crippen molar-refractivity contribution in [2.75, 3.05) is 19.6 Å². The van der Waals surface area contributed by atoms with Gasteiger partial charge in [0.2, 0.25) is 15.9 Å². The lowest BCUT2D eigenvalue weighted by atomic mass is 10.2. The van der Waals surface area contributed by atoms with Gasteiger partial charge in [0.15, 0.2) is 0 Å². The van der Waals surface area contributed by atoms with Crippen LogP contribution in [0.4, 0.5) is 0 Å². The van der Waals surface area contributed by atoms with E-state index in [1.165, 1.54) is 16.4 Å². The van der Waals surface area contributed by atoms with E-state index < -0.39 is 10.0 Å². The summed E-state index contributed by atoms with van der Waals surface area (Å²) >= 11 is 3.28. The van der Waals surface area contributed by atoms with Crippen LogP contribution in [0.2, 0.25) is 0 Å². The predicted molar refractivity (Wildman–Crippen MR) is 91.1 cm³/mol. The number of halogens is 1. The topological polar surface area (TPSA) is 66.5 Å². The highest BCUT2D eigenvalue weighted by atomic mass is 79.9. The van der Waals surface area contributed by atoms with Gasteiger partial charge in [0, 0.05) is 17.6 Å². The molecule has 0 fully saturated rings. The van der Waals surface area contributed by atoms with Crippen molar-refractivity contribution in [1.29, 1.82) is 0 Å². The van der Waals surface area contributed by atoms with Crippen LogP contribution in [-0.2, 0) is 14.8 Å². The van der Waals surface area contributed by atoms with Gasteiger partial charge in [0.1, 0.15) is 0 Å². The lowest BCUT2D eigenvalue weighted by Crippen LogP contribution is -2.40. The van der Waals surface area contributed by atoms with Crippen molar-refractivity contribution in [1.82, 2.24) is 9.62 Å². The Kier molecular flexibility index (Phi) is 8.06. The second-order valence-corrected chi connectivity index (χ2v) is 7.80. The van der Waals surface area contributed by atoms with E-state index in [4.69, 9.17) is 0 Å². The molecular weight excluding hydrogens is 368 g/mol. The van der Waals surface area contributed by atoms with E-state index in [1.807, 2.05) is 0 Å². The molecule has 1 aromatic rings. The highest BCUT2D eigenvalue weighted by Gasteiger charge is 2.24. The maximum atomic E-state index is 12.5. The predicted octanol–water partition coefficient (Wildman–Crippen LogP) is 2.77. The Labute approximate surface area is 141 Å². The summed E-state index contributed by atoms with van der Waals surface area (Å²) in [5.74, 6) is -0.265. The number of likely N-dealkylation sites (N-methyl/N-ethyl adjacent to an activating group) is 1. The third-order valence-corrected chi connectivity index (χ3v) is 5.69. The molecular formula is C15H23BrN2O3S. The molecule has 1 aromatic carbocycles. The number of rotatable bonds is 9. The molecule has 7 heteroatoms. The van der Waals surface area contributed by atoms with E-state index in [9.17, 15) is 13.2 Å². The van der Waals surface area contributed by atoms with Gasteiger partial charge >= 0.3 is 0 Å². The van der Waals surface area contributed by atoms with Crippen LogP contribution >= 0.6 is 15.9 Å². The number of sulfonamides is 1. The van der Waals surface area contributed by atoms with E-state index >= 15 is 0 Å². The fourth-order valence-corrected chi connectivity index (χ4v) is 3.61. The number of benzene rings is 1. The Morgan fingerprint density at radius 1 is 1.18 bits per heavy atom. The minimum Gasteiger partial charge on any atom is -0.355 e. The summed E-state index contributed by atoms with van der Waals surface area (Å²) < 4.78 is 27.0. The SMILES string of the molecule is CCCCCNC(=O)CN(CC)S(=O)(=O)c1ccc(Br)cc1. The zero-order chi connectivity index (χ0) is 16.6. The van der Waals surface area contributed by atoms with Crippen LogP contribution in [0.5, 0.6) is 0 Å². The van der Waals surface area contributed by atoms with Crippen LogP contribution in [0.25, 0.3) is 0 Å². The van der Waals surface area contributed by atoms with Crippen LogP contribution in [0.1, 0.15) is 33.1 Å². The zero-order valence-corrected chi connectivity index (χ0v) is 15.4. The van der Waals surface area contributed by atoms with E-state index in [-0.39, 0.29) is 23.9 Å². The van der Waals surface area contributed by atoms with Crippen molar-refractivity contribution in [2.24, 2.45) is 0 Å². The molecule has 0 aromatic heterocycles. The molecule has 5 nitrogen and oxygen atoms in total. The summed E-state index contributed by atoms with van der Waals surface area (Å²) in [4.78, 5) is 12.1. The van der Waals surface area contributed by atoms with E-state index in [0.717, 1.165) is 23.7 Å². The molecule has 0 spiro atoms. The smallest absolute Gasteiger partial charge is 0.243 e. The normalized spacial score (nSPS) is 11.6. The maximum Gasteiger partial charge on any atom is 0.243 e. The second kappa shape index (κ2) is 9.27. The van der Waals surface area contributed by atoms with Crippen LogP contribution < -0.4 is 5.32 Å². The van der Waals surface area contributed by atoms with Gasteiger partial charge in [-0.05, 0) is 30.7 Å². The number of unbranched alkanes of at least 4 members (excludes halogenated alkanes) is 2. The van der Waals surface area contributed by atoms with Crippen LogP contribution in [0, 0.1) is 0 Å². The average molecular weight is 391 g/mol. The first-order chi connectivity index (χ1) is 10.4. The fourth-order valence-electron chi connectivity index (χ4n) is 1.94. The Morgan fingerprint density at radius 2 is 1.82 bits per heavy atom. The van der Waals surface area contributed by atoms with Gasteiger partial charge in [-0.2, -0.15) is 4.31 Å². The number of nitrogens with zero attached hydrogens (tertiary/aromatic N) is 1. The maximum absolute atomic E-state index is 12.5. The fraction of sp³-hybridized carbons (Fsp3) is 0.533. The van der Waals surface area contributed by atoms with E-state index in [2.05, 4.69) is 28.2 Å². The van der Waals surface area contributed by atoms with Crippen molar-refractivity contribution < 1.29 is 13.2 Å². The molecule has 0 unspecified atom stereocenters. The molecule has 0 saturated heterocycles. The number of amides is 1. The molecule has 0 aliphatic rings. The van der Waals surface area contributed by atoms with Gasteiger partial charge in [-0.25, -0.2) is 8.42 Å².